The lowest BCUT2D eigenvalue weighted by molar-refractivity contribution is 1.24. The van der Waals surface area contributed by atoms with Crippen molar-refractivity contribution in [3.63, 3.8) is 0 Å². The third kappa shape index (κ3) is 4.17. The van der Waals surface area contributed by atoms with E-state index in [1.54, 1.807) is 0 Å². The minimum atomic E-state index is 0.634. The fraction of sp³-hybridized carbons (Fsp3) is 0.600. The summed E-state index contributed by atoms with van der Waals surface area (Å²) in [6, 6.07) is 0. The second-order valence-electron chi connectivity index (χ2n) is 1.38. The van der Waals surface area contributed by atoms with Crippen molar-refractivity contribution >= 4 is 9.24 Å². The average molecular weight is 102 g/mol. The molecule has 0 fully saturated rings. The highest BCUT2D eigenvalue weighted by atomic mass is 31.0. The standard InChI is InChI=1S/C5H11P/c1-3-4-5(2)6/h3-5H,6H2,1-2H3/b4-3-. The summed E-state index contributed by atoms with van der Waals surface area (Å²) in [4.78, 5) is 0. The van der Waals surface area contributed by atoms with Crippen molar-refractivity contribution in [3.8, 4) is 0 Å². The van der Waals surface area contributed by atoms with E-state index < -0.39 is 0 Å². The van der Waals surface area contributed by atoms with Crippen molar-refractivity contribution in [1.82, 2.24) is 0 Å². The topological polar surface area (TPSA) is 0 Å². The van der Waals surface area contributed by atoms with Gasteiger partial charge in [0.2, 0.25) is 0 Å². The van der Waals surface area contributed by atoms with Crippen LogP contribution < -0.4 is 0 Å². The highest BCUT2D eigenvalue weighted by molar-refractivity contribution is 7.17. The predicted molar refractivity (Wildman–Crippen MR) is 34.0 cm³/mol. The number of hydrogen-bond donors (Lipinski definition) is 0. The molecule has 36 valence electrons. The molecule has 0 N–H and O–H groups in total. The van der Waals surface area contributed by atoms with Crippen molar-refractivity contribution < 1.29 is 0 Å². The Morgan fingerprint density at radius 1 is 1.67 bits per heavy atom. The molecule has 0 aromatic heterocycles. The fourth-order valence-electron chi connectivity index (χ4n) is 0.304. The number of hydrogen-bond acceptors (Lipinski definition) is 0. The average Bonchev–Trinajstić information content (AvgIpc) is 1.35. The molecule has 0 aromatic rings. The zero-order chi connectivity index (χ0) is 4.99. The zero-order valence-corrected chi connectivity index (χ0v) is 5.46. The van der Waals surface area contributed by atoms with Crippen LogP contribution >= 0.6 is 9.24 Å². The lowest BCUT2D eigenvalue weighted by Gasteiger charge is -1.87. The van der Waals surface area contributed by atoms with Gasteiger partial charge in [0.25, 0.3) is 0 Å². The second kappa shape index (κ2) is 3.36. The van der Waals surface area contributed by atoms with Crippen LogP contribution in [0.5, 0.6) is 0 Å². The summed E-state index contributed by atoms with van der Waals surface area (Å²) in [5.74, 6) is 0. The summed E-state index contributed by atoms with van der Waals surface area (Å²) in [6.45, 7) is 4.16. The molecule has 6 heavy (non-hydrogen) atoms. The van der Waals surface area contributed by atoms with Crippen molar-refractivity contribution in [1.29, 1.82) is 0 Å². The minimum absolute atomic E-state index is 0.634. The van der Waals surface area contributed by atoms with Crippen molar-refractivity contribution in [3.05, 3.63) is 12.2 Å². The van der Waals surface area contributed by atoms with Crippen LogP contribution in [0.15, 0.2) is 12.2 Å². The van der Waals surface area contributed by atoms with E-state index in [0.29, 0.717) is 5.66 Å². The van der Waals surface area contributed by atoms with Crippen LogP contribution in [0.1, 0.15) is 13.8 Å². The van der Waals surface area contributed by atoms with Crippen LogP contribution in [-0.2, 0) is 0 Å². The van der Waals surface area contributed by atoms with Gasteiger partial charge in [-0.1, -0.05) is 19.1 Å². The third-order valence-corrected chi connectivity index (χ3v) is 0.718. The number of rotatable bonds is 1. The van der Waals surface area contributed by atoms with E-state index in [2.05, 4.69) is 28.3 Å². The van der Waals surface area contributed by atoms with E-state index in [-0.39, 0.29) is 0 Å². The number of allylic oxidation sites excluding steroid dienone is 2. The predicted octanol–water partition coefficient (Wildman–Crippen LogP) is 1.83. The largest absolute Gasteiger partial charge is 0.131 e. The van der Waals surface area contributed by atoms with Gasteiger partial charge in [-0.05, 0) is 12.6 Å². The molecule has 0 aromatic carbocycles. The van der Waals surface area contributed by atoms with Gasteiger partial charge in [0.1, 0.15) is 0 Å². The van der Waals surface area contributed by atoms with Gasteiger partial charge in [0, 0.05) is 0 Å². The van der Waals surface area contributed by atoms with E-state index >= 15 is 0 Å². The smallest absolute Gasteiger partial charge is 0.0114 e. The van der Waals surface area contributed by atoms with Crippen LogP contribution in [0, 0.1) is 0 Å². The summed E-state index contributed by atoms with van der Waals surface area (Å²) in [7, 11) is 2.69. The fourth-order valence-corrected chi connectivity index (χ4v) is 0.526. The van der Waals surface area contributed by atoms with E-state index in [1.807, 2.05) is 6.92 Å². The van der Waals surface area contributed by atoms with E-state index in [0.717, 1.165) is 0 Å². The molecule has 0 nitrogen and oxygen atoms in total. The summed E-state index contributed by atoms with van der Waals surface area (Å²) in [5, 5.41) is 0. The maximum Gasteiger partial charge on any atom is -0.0114 e. The molecule has 0 aliphatic heterocycles. The molecule has 2 atom stereocenters. The van der Waals surface area contributed by atoms with Gasteiger partial charge in [0.05, 0.1) is 0 Å². The van der Waals surface area contributed by atoms with Gasteiger partial charge in [-0.3, -0.25) is 0 Å². The van der Waals surface area contributed by atoms with Crippen molar-refractivity contribution in [2.75, 3.05) is 0 Å². The van der Waals surface area contributed by atoms with Gasteiger partial charge in [-0.2, -0.15) is 0 Å². The van der Waals surface area contributed by atoms with Crippen LogP contribution in [0.2, 0.25) is 0 Å². The second-order valence-corrected chi connectivity index (χ2v) is 2.44. The maximum atomic E-state index is 2.69. The molecule has 0 bridgehead atoms. The Kier molecular flexibility index (Phi) is 3.46. The minimum Gasteiger partial charge on any atom is -0.131 e. The molecule has 0 saturated carbocycles. The Balaban J connectivity index is 3.03. The first-order valence-electron chi connectivity index (χ1n) is 2.15. The summed E-state index contributed by atoms with van der Waals surface area (Å²) in [6.07, 6.45) is 4.18. The van der Waals surface area contributed by atoms with Gasteiger partial charge in [-0.25, -0.2) is 0 Å². The highest BCUT2D eigenvalue weighted by Crippen LogP contribution is 1.96. The highest BCUT2D eigenvalue weighted by Gasteiger charge is 1.76. The molecule has 0 spiro atoms. The van der Waals surface area contributed by atoms with Crippen molar-refractivity contribution in [2.24, 2.45) is 0 Å². The Hall–Kier alpha value is 0.170. The molecule has 0 aliphatic rings. The van der Waals surface area contributed by atoms with Gasteiger partial charge in [0.15, 0.2) is 0 Å². The van der Waals surface area contributed by atoms with E-state index in [4.69, 9.17) is 0 Å². The summed E-state index contributed by atoms with van der Waals surface area (Å²) < 4.78 is 0. The quantitative estimate of drug-likeness (QED) is 0.350. The monoisotopic (exact) mass is 102 g/mol. The van der Waals surface area contributed by atoms with Gasteiger partial charge < -0.3 is 0 Å². The summed E-state index contributed by atoms with van der Waals surface area (Å²) >= 11 is 0. The Morgan fingerprint density at radius 3 is 2.17 bits per heavy atom. The Labute approximate surface area is 41.8 Å². The Morgan fingerprint density at radius 2 is 2.17 bits per heavy atom. The van der Waals surface area contributed by atoms with Gasteiger partial charge >= 0.3 is 0 Å². The first kappa shape index (κ1) is 6.17. The maximum absolute atomic E-state index is 2.69. The first-order valence-corrected chi connectivity index (χ1v) is 2.82. The molecular formula is C5H11P. The summed E-state index contributed by atoms with van der Waals surface area (Å²) in [5.41, 5.74) is 0.634. The molecule has 2 unspecified atom stereocenters. The Bertz CT molecular complexity index is 45.9. The molecule has 1 heteroatoms. The normalized spacial score (nSPS) is 15.8. The first-order chi connectivity index (χ1) is 2.77. The van der Waals surface area contributed by atoms with E-state index in [1.165, 1.54) is 0 Å². The third-order valence-electron chi connectivity index (χ3n) is 0.496. The molecule has 0 amide bonds. The van der Waals surface area contributed by atoms with E-state index in [9.17, 15) is 0 Å². The van der Waals surface area contributed by atoms with Crippen LogP contribution in [0.25, 0.3) is 0 Å². The van der Waals surface area contributed by atoms with Crippen LogP contribution in [-0.4, -0.2) is 5.66 Å². The molecule has 0 rings (SSSR count). The molecule has 0 aliphatic carbocycles. The SMILES string of the molecule is C/C=C\C(C)P. The van der Waals surface area contributed by atoms with Crippen LogP contribution in [0.4, 0.5) is 0 Å². The molecular weight excluding hydrogens is 91.0 g/mol. The van der Waals surface area contributed by atoms with Crippen molar-refractivity contribution in [2.45, 2.75) is 19.5 Å². The molecule has 0 heterocycles. The lowest BCUT2D eigenvalue weighted by Crippen LogP contribution is -1.76. The van der Waals surface area contributed by atoms with Gasteiger partial charge in [-0.15, -0.1) is 9.24 Å². The van der Waals surface area contributed by atoms with Crippen LogP contribution in [0.3, 0.4) is 0 Å². The molecule has 0 radical (unpaired) electrons. The lowest BCUT2D eigenvalue weighted by atomic mass is 10.4. The zero-order valence-electron chi connectivity index (χ0n) is 4.31. The molecule has 0 saturated heterocycles.